The van der Waals surface area contributed by atoms with Crippen LogP contribution in [0.4, 0.5) is 0 Å². The molecule has 0 saturated carbocycles. The Morgan fingerprint density at radius 1 is 1.06 bits per heavy atom. The van der Waals surface area contributed by atoms with Crippen molar-refractivity contribution in [3.63, 3.8) is 0 Å². The molecule has 0 radical (unpaired) electrons. The van der Waals surface area contributed by atoms with Gasteiger partial charge in [0.1, 0.15) is 5.82 Å². The Morgan fingerprint density at radius 3 is 2.42 bits per heavy atom. The predicted molar refractivity (Wildman–Crippen MR) is 112 cm³/mol. The van der Waals surface area contributed by atoms with Gasteiger partial charge in [-0.05, 0) is 36.2 Å². The summed E-state index contributed by atoms with van der Waals surface area (Å²) in [5.74, 6) is -0.899. The number of nitrogens with two attached hydrogens (primary N) is 1. The Kier molecular flexibility index (Phi) is 7.29. The third kappa shape index (κ3) is 6.57. The van der Waals surface area contributed by atoms with Crippen LogP contribution in [0.25, 0.3) is 0 Å². The molecule has 0 aliphatic carbocycles. The first-order chi connectivity index (χ1) is 14.8. The van der Waals surface area contributed by atoms with Crippen LogP contribution in [-0.2, 0) is 32.4 Å². The standard InChI is InChI=1S/C21H22N4O5S/c22-18(25-31(28,29)17-4-2-1-3-5-17)14-20(26)30-21(27)16-9-6-15(7-10-16)8-11-19-23-12-13-24-19/h1-7,9-10,12-13,18,25H,8,11,14,22H2,(H,23,24)/t18-/m0/s1. The van der Waals surface area contributed by atoms with E-state index in [1.807, 2.05) is 0 Å². The monoisotopic (exact) mass is 442 g/mol. The summed E-state index contributed by atoms with van der Waals surface area (Å²) >= 11 is 0. The fraction of sp³-hybridized carbons (Fsp3) is 0.190. The number of H-pyrrole nitrogens is 1. The van der Waals surface area contributed by atoms with E-state index in [1.54, 1.807) is 54.9 Å². The molecule has 10 heteroatoms. The first-order valence-electron chi connectivity index (χ1n) is 9.48. The van der Waals surface area contributed by atoms with Crippen molar-refractivity contribution < 1.29 is 22.7 Å². The maximum Gasteiger partial charge on any atom is 0.345 e. The second-order valence-electron chi connectivity index (χ2n) is 6.74. The molecule has 0 aliphatic heterocycles. The molecular weight excluding hydrogens is 420 g/mol. The molecule has 162 valence electrons. The molecule has 31 heavy (non-hydrogen) atoms. The van der Waals surface area contributed by atoms with Crippen LogP contribution < -0.4 is 10.5 Å². The number of carbonyl (C=O) groups is 2. The molecule has 0 aliphatic rings. The summed E-state index contributed by atoms with van der Waals surface area (Å²) in [6.45, 7) is 0. The molecule has 0 unspecified atom stereocenters. The molecule has 9 nitrogen and oxygen atoms in total. The maximum absolute atomic E-state index is 12.2. The molecule has 0 spiro atoms. The zero-order valence-corrected chi connectivity index (χ0v) is 17.3. The topological polar surface area (TPSA) is 144 Å². The van der Waals surface area contributed by atoms with Gasteiger partial charge >= 0.3 is 11.9 Å². The third-order valence-corrected chi connectivity index (χ3v) is 5.85. The lowest BCUT2D eigenvalue weighted by Gasteiger charge is -2.13. The van der Waals surface area contributed by atoms with E-state index in [4.69, 9.17) is 10.5 Å². The number of esters is 2. The number of aromatic nitrogens is 2. The highest BCUT2D eigenvalue weighted by Crippen LogP contribution is 2.10. The average Bonchev–Trinajstić information content (AvgIpc) is 3.26. The zero-order chi connectivity index (χ0) is 22.3. The molecule has 3 rings (SSSR count). The van der Waals surface area contributed by atoms with Crippen LogP contribution in [0.3, 0.4) is 0 Å². The summed E-state index contributed by atoms with van der Waals surface area (Å²) in [7, 11) is -3.89. The van der Waals surface area contributed by atoms with Crippen molar-refractivity contribution in [3.05, 3.63) is 83.9 Å². The minimum Gasteiger partial charge on any atom is -0.389 e. The number of hydrogen-bond acceptors (Lipinski definition) is 7. The number of rotatable bonds is 9. The van der Waals surface area contributed by atoms with Crippen molar-refractivity contribution in [1.29, 1.82) is 0 Å². The van der Waals surface area contributed by atoms with Gasteiger partial charge in [-0.25, -0.2) is 18.2 Å². The van der Waals surface area contributed by atoms with E-state index in [9.17, 15) is 18.0 Å². The molecular formula is C21H22N4O5S. The average molecular weight is 442 g/mol. The van der Waals surface area contributed by atoms with Gasteiger partial charge in [-0.3, -0.25) is 4.79 Å². The number of imidazole rings is 1. The van der Waals surface area contributed by atoms with Gasteiger partial charge in [0, 0.05) is 18.8 Å². The number of sulfonamides is 1. The predicted octanol–water partition coefficient (Wildman–Crippen LogP) is 1.53. The number of hydrogen-bond donors (Lipinski definition) is 3. The number of benzene rings is 2. The Morgan fingerprint density at radius 2 is 1.77 bits per heavy atom. The number of carbonyl (C=O) groups excluding carboxylic acids is 2. The molecule has 1 aromatic heterocycles. The van der Waals surface area contributed by atoms with Gasteiger partial charge in [-0.2, -0.15) is 4.72 Å². The Bertz CT molecular complexity index is 1110. The normalized spacial score (nSPS) is 12.3. The smallest absolute Gasteiger partial charge is 0.345 e. The van der Waals surface area contributed by atoms with Crippen LogP contribution in [0.1, 0.15) is 28.2 Å². The number of aromatic amines is 1. The second kappa shape index (κ2) is 10.1. The molecule has 4 N–H and O–H groups in total. The molecule has 1 heterocycles. The Balaban J connectivity index is 1.49. The van der Waals surface area contributed by atoms with Gasteiger partial charge in [0.2, 0.25) is 10.0 Å². The Labute approximate surface area is 179 Å². The summed E-state index contributed by atoms with van der Waals surface area (Å²) < 4.78 is 31.4. The van der Waals surface area contributed by atoms with Gasteiger partial charge in [0.25, 0.3) is 0 Å². The summed E-state index contributed by atoms with van der Waals surface area (Å²) in [5, 5.41) is 0. The lowest BCUT2D eigenvalue weighted by atomic mass is 10.1. The largest absolute Gasteiger partial charge is 0.389 e. The van der Waals surface area contributed by atoms with Crippen molar-refractivity contribution in [2.45, 2.75) is 30.3 Å². The fourth-order valence-electron chi connectivity index (χ4n) is 2.80. The summed E-state index contributed by atoms with van der Waals surface area (Å²) in [4.78, 5) is 31.3. The molecule has 2 aromatic carbocycles. The van der Waals surface area contributed by atoms with Crippen molar-refractivity contribution in [2.24, 2.45) is 5.73 Å². The highest BCUT2D eigenvalue weighted by atomic mass is 32.2. The molecule has 0 fully saturated rings. The number of nitrogens with one attached hydrogen (secondary N) is 2. The molecule has 0 amide bonds. The van der Waals surface area contributed by atoms with E-state index in [0.29, 0.717) is 0 Å². The van der Waals surface area contributed by atoms with E-state index < -0.39 is 34.5 Å². The van der Waals surface area contributed by atoms with Gasteiger partial charge in [0.15, 0.2) is 0 Å². The molecule has 3 aromatic rings. The van der Waals surface area contributed by atoms with Gasteiger partial charge in [-0.15, -0.1) is 0 Å². The van der Waals surface area contributed by atoms with E-state index in [-0.39, 0.29) is 10.5 Å². The first-order valence-corrected chi connectivity index (χ1v) is 11.0. The van der Waals surface area contributed by atoms with E-state index in [2.05, 4.69) is 14.7 Å². The molecule has 0 saturated heterocycles. The van der Waals surface area contributed by atoms with Crippen LogP contribution in [0, 0.1) is 0 Å². The second-order valence-corrected chi connectivity index (χ2v) is 8.45. The number of aryl methyl sites for hydroxylation is 2. The van der Waals surface area contributed by atoms with E-state index >= 15 is 0 Å². The minimum absolute atomic E-state index is 0.0158. The summed E-state index contributed by atoms with van der Waals surface area (Å²) in [6, 6.07) is 14.3. The highest BCUT2D eigenvalue weighted by molar-refractivity contribution is 7.89. The Hall–Kier alpha value is -3.34. The first kappa shape index (κ1) is 22.3. The van der Waals surface area contributed by atoms with E-state index in [0.717, 1.165) is 24.2 Å². The van der Waals surface area contributed by atoms with Gasteiger partial charge in [-0.1, -0.05) is 30.3 Å². The molecule has 1 atom stereocenters. The van der Waals surface area contributed by atoms with Crippen LogP contribution >= 0.6 is 0 Å². The van der Waals surface area contributed by atoms with E-state index in [1.165, 1.54) is 12.1 Å². The van der Waals surface area contributed by atoms with Crippen LogP contribution in [0.2, 0.25) is 0 Å². The summed E-state index contributed by atoms with van der Waals surface area (Å²) in [5.41, 5.74) is 6.89. The minimum atomic E-state index is -3.89. The lowest BCUT2D eigenvalue weighted by molar-refractivity contribution is -0.138. The van der Waals surface area contributed by atoms with Crippen molar-refractivity contribution in [3.8, 4) is 0 Å². The zero-order valence-electron chi connectivity index (χ0n) is 16.5. The lowest BCUT2D eigenvalue weighted by Crippen LogP contribution is -2.43. The SMILES string of the molecule is N[C@H](CC(=O)OC(=O)c1ccc(CCc2ncc[nH]2)cc1)NS(=O)(=O)c1ccccc1. The van der Waals surface area contributed by atoms with Gasteiger partial charge < -0.3 is 15.5 Å². The number of ether oxygens (including phenoxy) is 1. The van der Waals surface area contributed by atoms with Crippen molar-refractivity contribution in [2.75, 3.05) is 0 Å². The number of nitrogens with zero attached hydrogens (tertiary/aromatic N) is 1. The fourth-order valence-corrected chi connectivity index (χ4v) is 3.93. The van der Waals surface area contributed by atoms with Gasteiger partial charge in [0.05, 0.1) is 23.0 Å². The quantitative estimate of drug-likeness (QED) is 0.259. The highest BCUT2D eigenvalue weighted by Gasteiger charge is 2.21. The van der Waals surface area contributed by atoms with Crippen LogP contribution in [0.5, 0.6) is 0 Å². The molecule has 0 bridgehead atoms. The van der Waals surface area contributed by atoms with Crippen molar-refractivity contribution in [1.82, 2.24) is 14.7 Å². The summed E-state index contributed by atoms with van der Waals surface area (Å²) in [6.07, 6.45) is 3.16. The van der Waals surface area contributed by atoms with Crippen LogP contribution in [0.15, 0.2) is 71.9 Å². The third-order valence-electron chi connectivity index (χ3n) is 4.35. The maximum atomic E-state index is 12.2. The van der Waals surface area contributed by atoms with Crippen LogP contribution in [-0.4, -0.2) is 36.5 Å². The van der Waals surface area contributed by atoms with Crippen molar-refractivity contribution >= 4 is 22.0 Å².